The van der Waals surface area contributed by atoms with Crippen molar-refractivity contribution in [2.24, 2.45) is 0 Å². The highest BCUT2D eigenvalue weighted by Crippen LogP contribution is 2.37. The summed E-state index contributed by atoms with van der Waals surface area (Å²) in [7, 11) is -3.51. The molecule has 4 nitrogen and oxygen atoms in total. The van der Waals surface area contributed by atoms with E-state index in [1.807, 2.05) is 16.8 Å². The molecule has 8 heteroatoms. The predicted molar refractivity (Wildman–Crippen MR) is 81.9 cm³/mol. The number of thiophene rings is 1. The molecule has 3 rings (SSSR count). The summed E-state index contributed by atoms with van der Waals surface area (Å²) in [6, 6.07) is 2.07. The SMILES string of the molecule is Cc1nc(Cl)sc1S(=O)(=O)N(Cc1ccsc1)C1CC1. The summed E-state index contributed by atoms with van der Waals surface area (Å²) >= 11 is 8.45. The second-order valence-electron chi connectivity index (χ2n) is 4.75. The maximum Gasteiger partial charge on any atom is 0.255 e. The lowest BCUT2D eigenvalue weighted by Crippen LogP contribution is -2.32. The Morgan fingerprint density at radius 3 is 2.75 bits per heavy atom. The molecule has 2 aromatic rings. The van der Waals surface area contributed by atoms with Crippen molar-refractivity contribution in [2.45, 2.75) is 36.6 Å². The normalized spacial score (nSPS) is 15.9. The van der Waals surface area contributed by atoms with Crippen molar-refractivity contribution in [3.05, 3.63) is 32.6 Å². The molecule has 108 valence electrons. The summed E-state index contributed by atoms with van der Waals surface area (Å²) < 4.78 is 27.8. The van der Waals surface area contributed by atoms with Gasteiger partial charge in [0.15, 0.2) is 8.68 Å². The summed E-state index contributed by atoms with van der Waals surface area (Å²) in [5, 5.41) is 3.94. The van der Waals surface area contributed by atoms with Crippen LogP contribution in [-0.4, -0.2) is 23.7 Å². The van der Waals surface area contributed by atoms with Gasteiger partial charge in [0.2, 0.25) is 0 Å². The van der Waals surface area contributed by atoms with E-state index in [2.05, 4.69) is 4.98 Å². The molecule has 0 N–H and O–H groups in total. The van der Waals surface area contributed by atoms with E-state index in [1.54, 1.807) is 22.6 Å². The standard InChI is InChI=1S/C12H13ClN2O2S3/c1-8-11(19-12(13)14-8)20(16,17)15(10-2-3-10)6-9-4-5-18-7-9/h4-5,7,10H,2-3,6H2,1H3. The molecule has 1 fully saturated rings. The van der Waals surface area contributed by atoms with Crippen molar-refractivity contribution < 1.29 is 8.42 Å². The zero-order valence-corrected chi connectivity index (χ0v) is 13.9. The minimum atomic E-state index is -3.51. The third-order valence-electron chi connectivity index (χ3n) is 3.14. The zero-order valence-electron chi connectivity index (χ0n) is 10.7. The number of halogens is 1. The largest absolute Gasteiger partial charge is 0.255 e. The second-order valence-corrected chi connectivity index (χ2v) is 9.20. The predicted octanol–water partition coefficient (Wildman–Crippen LogP) is 3.52. The number of hydrogen-bond acceptors (Lipinski definition) is 5. The molecule has 0 radical (unpaired) electrons. The van der Waals surface area contributed by atoms with Gasteiger partial charge in [0, 0.05) is 12.6 Å². The molecule has 0 bridgehead atoms. The maximum absolute atomic E-state index is 12.8. The number of aryl methyl sites for hydroxylation is 1. The van der Waals surface area contributed by atoms with Crippen LogP contribution in [0.4, 0.5) is 0 Å². The molecule has 0 spiro atoms. The summed E-state index contributed by atoms with van der Waals surface area (Å²) in [6.07, 6.45) is 1.85. The molecule has 0 saturated heterocycles. The molecule has 0 unspecified atom stereocenters. The van der Waals surface area contributed by atoms with Gasteiger partial charge >= 0.3 is 0 Å². The number of rotatable bonds is 5. The van der Waals surface area contributed by atoms with E-state index < -0.39 is 10.0 Å². The van der Waals surface area contributed by atoms with Gasteiger partial charge in [-0.2, -0.15) is 15.6 Å². The Morgan fingerprint density at radius 1 is 1.50 bits per heavy atom. The Balaban J connectivity index is 1.96. The lowest BCUT2D eigenvalue weighted by Gasteiger charge is -2.20. The molecule has 1 saturated carbocycles. The molecule has 1 aliphatic carbocycles. The van der Waals surface area contributed by atoms with Gasteiger partial charge in [-0.15, -0.1) is 0 Å². The van der Waals surface area contributed by atoms with Crippen LogP contribution in [0.2, 0.25) is 4.47 Å². The van der Waals surface area contributed by atoms with E-state index in [9.17, 15) is 8.42 Å². The van der Waals surface area contributed by atoms with Crippen molar-refractivity contribution in [3.63, 3.8) is 0 Å². The molecule has 20 heavy (non-hydrogen) atoms. The fraction of sp³-hybridized carbons (Fsp3) is 0.417. The van der Waals surface area contributed by atoms with Crippen LogP contribution in [0.25, 0.3) is 0 Å². The van der Waals surface area contributed by atoms with Crippen LogP contribution < -0.4 is 0 Å². The van der Waals surface area contributed by atoms with Gasteiger partial charge in [-0.3, -0.25) is 0 Å². The Hall–Kier alpha value is -0.470. The fourth-order valence-corrected chi connectivity index (χ4v) is 6.22. The highest BCUT2D eigenvalue weighted by molar-refractivity contribution is 7.91. The maximum atomic E-state index is 12.8. The number of thiazole rings is 1. The molecule has 1 aliphatic rings. The van der Waals surface area contributed by atoms with Crippen molar-refractivity contribution >= 4 is 44.3 Å². The van der Waals surface area contributed by atoms with E-state index in [4.69, 9.17) is 11.6 Å². The summed E-state index contributed by atoms with van der Waals surface area (Å²) in [5.74, 6) is 0. The molecule has 2 aromatic heterocycles. The van der Waals surface area contributed by atoms with Crippen molar-refractivity contribution in [2.75, 3.05) is 0 Å². The first-order chi connectivity index (χ1) is 9.48. The second kappa shape index (κ2) is 5.38. The van der Waals surface area contributed by atoms with Crippen molar-refractivity contribution in [1.29, 1.82) is 0 Å². The van der Waals surface area contributed by atoms with Gasteiger partial charge in [0.05, 0.1) is 5.69 Å². The van der Waals surface area contributed by atoms with Gasteiger partial charge in [0.25, 0.3) is 10.0 Å². The summed E-state index contributed by atoms with van der Waals surface area (Å²) in [5.41, 5.74) is 1.51. The minimum absolute atomic E-state index is 0.111. The monoisotopic (exact) mass is 348 g/mol. The molecule has 0 aromatic carbocycles. The van der Waals surface area contributed by atoms with Crippen LogP contribution in [0.5, 0.6) is 0 Å². The van der Waals surface area contributed by atoms with Gasteiger partial charge in [-0.1, -0.05) is 22.9 Å². The number of aromatic nitrogens is 1. The van der Waals surface area contributed by atoms with Gasteiger partial charge in [0.1, 0.15) is 0 Å². The van der Waals surface area contributed by atoms with Crippen LogP contribution in [-0.2, 0) is 16.6 Å². The highest BCUT2D eigenvalue weighted by atomic mass is 35.5. The number of hydrogen-bond donors (Lipinski definition) is 0. The summed E-state index contributed by atoms with van der Waals surface area (Å²) in [4.78, 5) is 4.02. The number of nitrogens with zero attached hydrogens (tertiary/aromatic N) is 2. The molecule has 0 atom stereocenters. The zero-order chi connectivity index (χ0) is 14.3. The van der Waals surface area contributed by atoms with Crippen LogP contribution in [0.15, 0.2) is 21.0 Å². The molecule has 2 heterocycles. The van der Waals surface area contributed by atoms with Crippen LogP contribution in [0.1, 0.15) is 24.1 Å². The van der Waals surface area contributed by atoms with E-state index in [-0.39, 0.29) is 14.7 Å². The van der Waals surface area contributed by atoms with E-state index in [1.165, 1.54) is 0 Å². The summed E-state index contributed by atoms with van der Waals surface area (Å²) in [6.45, 7) is 2.11. The molecule has 0 aliphatic heterocycles. The van der Waals surface area contributed by atoms with Crippen molar-refractivity contribution in [1.82, 2.24) is 9.29 Å². The number of sulfonamides is 1. The highest BCUT2D eigenvalue weighted by Gasteiger charge is 2.39. The van der Waals surface area contributed by atoms with E-state index in [0.29, 0.717) is 12.2 Å². The Kier molecular flexibility index (Phi) is 3.89. The van der Waals surface area contributed by atoms with Crippen LogP contribution in [0, 0.1) is 6.92 Å². The van der Waals surface area contributed by atoms with Gasteiger partial charge < -0.3 is 0 Å². The Bertz CT molecular complexity index is 705. The van der Waals surface area contributed by atoms with E-state index >= 15 is 0 Å². The first kappa shape index (κ1) is 14.5. The lowest BCUT2D eigenvalue weighted by atomic mass is 10.3. The Morgan fingerprint density at radius 2 is 2.25 bits per heavy atom. The van der Waals surface area contributed by atoms with E-state index in [0.717, 1.165) is 29.7 Å². The van der Waals surface area contributed by atoms with Gasteiger partial charge in [-0.05, 0) is 42.2 Å². The molecular formula is C12H13ClN2O2S3. The van der Waals surface area contributed by atoms with Crippen LogP contribution in [0.3, 0.4) is 0 Å². The average Bonchev–Trinajstić information content (AvgIpc) is 2.96. The lowest BCUT2D eigenvalue weighted by molar-refractivity contribution is 0.400. The fourth-order valence-electron chi connectivity index (χ4n) is 2.03. The topological polar surface area (TPSA) is 50.3 Å². The molecular weight excluding hydrogens is 336 g/mol. The Labute approximate surface area is 131 Å². The average molecular weight is 349 g/mol. The van der Waals surface area contributed by atoms with Crippen LogP contribution >= 0.6 is 34.3 Å². The van der Waals surface area contributed by atoms with Gasteiger partial charge in [-0.25, -0.2) is 13.4 Å². The minimum Gasteiger partial charge on any atom is -0.229 e. The molecule has 0 amide bonds. The first-order valence-corrected chi connectivity index (χ1v) is 9.72. The smallest absolute Gasteiger partial charge is 0.229 e. The quantitative estimate of drug-likeness (QED) is 0.830. The first-order valence-electron chi connectivity index (χ1n) is 6.14. The third kappa shape index (κ3) is 2.78. The van der Waals surface area contributed by atoms with Crippen molar-refractivity contribution in [3.8, 4) is 0 Å². The third-order valence-corrected chi connectivity index (χ3v) is 7.62.